The molecule has 0 radical (unpaired) electrons. The van der Waals surface area contributed by atoms with Gasteiger partial charge in [0, 0.05) is 13.1 Å². The number of halogens is 3. The summed E-state index contributed by atoms with van der Waals surface area (Å²) in [6.07, 6.45) is 0.366. The van der Waals surface area contributed by atoms with Crippen molar-refractivity contribution in [2.45, 2.75) is 12.5 Å². The Labute approximate surface area is 154 Å². The van der Waals surface area contributed by atoms with Crippen LogP contribution in [0.5, 0.6) is 0 Å². The minimum absolute atomic E-state index is 0.0444. The number of ether oxygens (including phenoxy) is 1. The number of esters is 1. The molecule has 0 N–H and O–H groups in total. The molecule has 24 heavy (non-hydrogen) atoms. The summed E-state index contributed by atoms with van der Waals surface area (Å²) in [5.74, 6) is -1.44. The van der Waals surface area contributed by atoms with E-state index in [4.69, 9.17) is 39.5 Å². The van der Waals surface area contributed by atoms with Gasteiger partial charge in [0.1, 0.15) is 0 Å². The number of hydrogen-bond acceptors (Lipinski definition) is 5. The summed E-state index contributed by atoms with van der Waals surface area (Å²) in [6.45, 7) is -0.551. The van der Waals surface area contributed by atoms with Crippen LogP contribution in [0.25, 0.3) is 0 Å². The van der Waals surface area contributed by atoms with Gasteiger partial charge in [-0.25, -0.2) is 13.2 Å². The standard InChI is InChI=1S/C14H14Cl3NO5S/c1-18(8-4-5-24(21,22)7-8)11(19)6-23-14(20)12-9(15)2-3-10(16)13(12)17/h2-3,8H,4-7H2,1H3/t8-/m0/s1. The number of rotatable bonds is 4. The first-order valence-corrected chi connectivity index (χ1v) is 9.84. The Kier molecular flexibility index (Phi) is 6.01. The van der Waals surface area contributed by atoms with Crippen molar-refractivity contribution < 1.29 is 22.7 Å². The van der Waals surface area contributed by atoms with E-state index < -0.39 is 34.4 Å². The van der Waals surface area contributed by atoms with Gasteiger partial charge in [0.05, 0.1) is 32.1 Å². The Bertz CT molecular complexity index is 781. The van der Waals surface area contributed by atoms with E-state index in [1.807, 2.05) is 0 Å². The van der Waals surface area contributed by atoms with Gasteiger partial charge >= 0.3 is 5.97 Å². The fourth-order valence-electron chi connectivity index (χ4n) is 2.30. The van der Waals surface area contributed by atoms with Crippen molar-refractivity contribution in [2.24, 2.45) is 0 Å². The zero-order chi connectivity index (χ0) is 18.1. The van der Waals surface area contributed by atoms with Crippen LogP contribution in [0.2, 0.25) is 15.1 Å². The van der Waals surface area contributed by atoms with E-state index in [-0.39, 0.29) is 32.1 Å². The van der Waals surface area contributed by atoms with Gasteiger partial charge in [-0.15, -0.1) is 0 Å². The van der Waals surface area contributed by atoms with Crippen LogP contribution in [0.15, 0.2) is 12.1 Å². The molecule has 0 bridgehead atoms. The summed E-state index contributed by atoms with van der Waals surface area (Å²) in [5.41, 5.74) is -0.121. The van der Waals surface area contributed by atoms with Gasteiger partial charge in [-0.05, 0) is 18.6 Å². The molecular weight excluding hydrogens is 401 g/mol. The molecule has 10 heteroatoms. The summed E-state index contributed by atoms with van der Waals surface area (Å²) in [6, 6.07) is 2.41. The summed E-state index contributed by atoms with van der Waals surface area (Å²) in [5, 5.41) is 0.126. The van der Waals surface area contributed by atoms with Crippen LogP contribution in [-0.2, 0) is 19.4 Å². The second-order valence-corrected chi connectivity index (χ2v) is 8.78. The highest BCUT2D eigenvalue weighted by Crippen LogP contribution is 2.31. The largest absolute Gasteiger partial charge is 0.452 e. The van der Waals surface area contributed by atoms with Crippen molar-refractivity contribution in [3.05, 3.63) is 32.8 Å². The molecule has 1 aromatic carbocycles. The number of likely N-dealkylation sites (N-methyl/N-ethyl adjacent to an activating group) is 1. The highest BCUT2D eigenvalue weighted by molar-refractivity contribution is 7.91. The molecule has 1 amide bonds. The van der Waals surface area contributed by atoms with E-state index in [0.717, 1.165) is 0 Å². The van der Waals surface area contributed by atoms with Crippen molar-refractivity contribution in [1.29, 1.82) is 0 Å². The monoisotopic (exact) mass is 413 g/mol. The normalized spacial score (nSPS) is 19.1. The third kappa shape index (κ3) is 4.33. The van der Waals surface area contributed by atoms with Gasteiger partial charge < -0.3 is 9.64 Å². The van der Waals surface area contributed by atoms with Crippen LogP contribution in [0.1, 0.15) is 16.8 Å². The molecular formula is C14H14Cl3NO5S. The molecule has 1 fully saturated rings. The number of carbonyl (C=O) groups excluding carboxylic acids is 2. The minimum atomic E-state index is -3.12. The molecule has 1 atom stereocenters. The van der Waals surface area contributed by atoms with Crippen molar-refractivity contribution in [3.63, 3.8) is 0 Å². The van der Waals surface area contributed by atoms with Crippen LogP contribution in [0, 0.1) is 0 Å². The van der Waals surface area contributed by atoms with Crippen LogP contribution in [0.4, 0.5) is 0 Å². The van der Waals surface area contributed by atoms with Crippen molar-refractivity contribution in [3.8, 4) is 0 Å². The maximum atomic E-state index is 12.1. The smallest absolute Gasteiger partial charge is 0.341 e. The third-order valence-electron chi connectivity index (χ3n) is 3.72. The van der Waals surface area contributed by atoms with Gasteiger partial charge in [-0.2, -0.15) is 0 Å². The second-order valence-electron chi connectivity index (χ2n) is 5.36. The molecule has 0 spiro atoms. The SMILES string of the molecule is CN(C(=O)COC(=O)c1c(Cl)ccc(Cl)c1Cl)[C@H]1CCS(=O)(=O)C1. The molecule has 1 saturated heterocycles. The van der Waals surface area contributed by atoms with E-state index in [9.17, 15) is 18.0 Å². The highest BCUT2D eigenvalue weighted by Gasteiger charge is 2.33. The fraction of sp³-hybridized carbons (Fsp3) is 0.429. The zero-order valence-electron chi connectivity index (χ0n) is 12.6. The first kappa shape index (κ1) is 19.3. The Hall–Kier alpha value is -1.02. The Morgan fingerprint density at radius 2 is 1.88 bits per heavy atom. The van der Waals surface area contributed by atoms with Crippen LogP contribution in [0.3, 0.4) is 0 Å². The molecule has 132 valence electrons. The lowest BCUT2D eigenvalue weighted by Crippen LogP contribution is -2.40. The maximum absolute atomic E-state index is 12.1. The second kappa shape index (κ2) is 7.47. The van der Waals surface area contributed by atoms with E-state index >= 15 is 0 Å². The quantitative estimate of drug-likeness (QED) is 0.558. The lowest BCUT2D eigenvalue weighted by Gasteiger charge is -2.23. The molecule has 1 heterocycles. The van der Waals surface area contributed by atoms with Crippen molar-refractivity contribution >= 4 is 56.5 Å². The number of hydrogen-bond donors (Lipinski definition) is 0. The predicted octanol–water partition coefficient (Wildman–Crippen LogP) is 2.45. The average molecular weight is 415 g/mol. The van der Waals surface area contributed by atoms with Crippen LogP contribution >= 0.6 is 34.8 Å². The van der Waals surface area contributed by atoms with Crippen LogP contribution < -0.4 is 0 Å². The number of amides is 1. The van der Waals surface area contributed by atoms with Crippen LogP contribution in [-0.4, -0.2) is 56.4 Å². The Morgan fingerprint density at radius 3 is 2.46 bits per heavy atom. The number of sulfone groups is 1. The topological polar surface area (TPSA) is 80.8 Å². The minimum Gasteiger partial charge on any atom is -0.452 e. The van der Waals surface area contributed by atoms with E-state index in [1.54, 1.807) is 0 Å². The van der Waals surface area contributed by atoms with Gasteiger partial charge in [-0.3, -0.25) is 4.79 Å². The Balaban J connectivity index is 1.99. The van der Waals surface area contributed by atoms with Gasteiger partial charge in [0.25, 0.3) is 5.91 Å². The van der Waals surface area contributed by atoms with E-state index in [1.165, 1.54) is 24.1 Å². The van der Waals surface area contributed by atoms with Crippen molar-refractivity contribution in [2.75, 3.05) is 25.2 Å². The number of benzene rings is 1. The fourth-order valence-corrected chi connectivity index (χ4v) is 4.76. The molecule has 1 aliphatic heterocycles. The molecule has 1 aromatic rings. The lowest BCUT2D eigenvalue weighted by atomic mass is 10.2. The molecule has 6 nitrogen and oxygen atoms in total. The molecule has 1 aliphatic rings. The summed E-state index contributed by atoms with van der Waals surface area (Å²) in [4.78, 5) is 25.4. The highest BCUT2D eigenvalue weighted by atomic mass is 35.5. The first-order chi connectivity index (χ1) is 11.1. The number of nitrogens with zero attached hydrogens (tertiary/aromatic N) is 1. The third-order valence-corrected chi connectivity index (χ3v) is 6.59. The van der Waals surface area contributed by atoms with Crippen molar-refractivity contribution in [1.82, 2.24) is 4.90 Å². The summed E-state index contributed by atoms with van der Waals surface area (Å²) < 4.78 is 27.9. The molecule has 0 saturated carbocycles. The molecule has 0 aliphatic carbocycles. The summed E-state index contributed by atoms with van der Waals surface area (Å²) >= 11 is 17.7. The average Bonchev–Trinajstić information content (AvgIpc) is 2.88. The Morgan fingerprint density at radius 1 is 1.25 bits per heavy atom. The number of carbonyl (C=O) groups is 2. The molecule has 0 aromatic heterocycles. The molecule has 2 rings (SSSR count). The maximum Gasteiger partial charge on any atom is 0.341 e. The molecule has 0 unspecified atom stereocenters. The van der Waals surface area contributed by atoms with E-state index in [0.29, 0.717) is 6.42 Å². The lowest BCUT2D eigenvalue weighted by molar-refractivity contribution is -0.134. The summed E-state index contributed by atoms with van der Waals surface area (Å²) in [7, 11) is -1.64. The van der Waals surface area contributed by atoms with Gasteiger partial charge in [0.2, 0.25) is 0 Å². The van der Waals surface area contributed by atoms with Gasteiger partial charge in [0.15, 0.2) is 16.4 Å². The zero-order valence-corrected chi connectivity index (χ0v) is 15.7. The van der Waals surface area contributed by atoms with Gasteiger partial charge in [-0.1, -0.05) is 34.8 Å². The first-order valence-electron chi connectivity index (χ1n) is 6.89. The predicted molar refractivity (Wildman–Crippen MR) is 91.6 cm³/mol. The van der Waals surface area contributed by atoms with E-state index in [2.05, 4.69) is 0 Å².